The topological polar surface area (TPSA) is 75.6 Å². The van der Waals surface area contributed by atoms with Gasteiger partial charge in [-0.25, -0.2) is 4.79 Å². The first-order valence-electron chi connectivity index (χ1n) is 6.33. The molecule has 0 fully saturated rings. The Balaban J connectivity index is 2.57. The molecule has 0 radical (unpaired) electrons. The second-order valence-electron chi connectivity index (χ2n) is 4.74. The Morgan fingerprint density at radius 2 is 2.10 bits per heavy atom. The van der Waals surface area contributed by atoms with Gasteiger partial charge < -0.3 is 15.2 Å². The summed E-state index contributed by atoms with van der Waals surface area (Å²) in [5, 5.41) is 11.9. The van der Waals surface area contributed by atoms with Crippen molar-refractivity contribution in [2.24, 2.45) is 5.92 Å². The molecule has 0 saturated carbocycles. The maximum absolute atomic E-state index is 11.6. The average Bonchev–Trinajstić information content (AvgIpc) is 2.36. The molecule has 1 rings (SSSR count). The first-order chi connectivity index (χ1) is 9.41. The fourth-order valence-corrected chi connectivity index (χ4v) is 1.74. The van der Waals surface area contributed by atoms with Crippen LogP contribution in [-0.4, -0.2) is 30.1 Å². The molecule has 0 spiro atoms. The molecule has 6 heteroatoms. The summed E-state index contributed by atoms with van der Waals surface area (Å²) < 4.78 is 5.22. The van der Waals surface area contributed by atoms with Gasteiger partial charge in [-0.2, -0.15) is 0 Å². The van der Waals surface area contributed by atoms with Crippen molar-refractivity contribution in [3.8, 4) is 5.75 Å². The first kappa shape index (κ1) is 16.3. The molecule has 1 aromatic carbocycles. The summed E-state index contributed by atoms with van der Waals surface area (Å²) in [7, 11) is 0. The van der Waals surface area contributed by atoms with Crippen LogP contribution in [0, 0.1) is 5.92 Å². The van der Waals surface area contributed by atoms with E-state index in [9.17, 15) is 9.59 Å². The van der Waals surface area contributed by atoms with Gasteiger partial charge in [0.1, 0.15) is 5.56 Å². The van der Waals surface area contributed by atoms with E-state index < -0.39 is 5.97 Å². The Morgan fingerprint density at radius 3 is 2.70 bits per heavy atom. The minimum absolute atomic E-state index is 0.0145. The highest BCUT2D eigenvalue weighted by atomic mass is 35.5. The Labute approximate surface area is 122 Å². The van der Waals surface area contributed by atoms with E-state index in [0.717, 1.165) is 6.42 Å². The number of carbonyl (C=O) groups excluding carboxylic acids is 1. The largest absolute Gasteiger partial charge is 0.481 e. The molecular weight excluding hydrogens is 282 g/mol. The van der Waals surface area contributed by atoms with E-state index in [1.807, 2.05) is 0 Å². The quantitative estimate of drug-likeness (QED) is 0.811. The lowest BCUT2D eigenvalue weighted by Gasteiger charge is -2.11. The summed E-state index contributed by atoms with van der Waals surface area (Å²) in [6.07, 6.45) is 0.873. The van der Waals surface area contributed by atoms with Crippen molar-refractivity contribution in [3.63, 3.8) is 0 Å². The number of carboxylic acid groups (broad SMARTS) is 1. The van der Waals surface area contributed by atoms with Crippen molar-refractivity contribution in [1.29, 1.82) is 0 Å². The van der Waals surface area contributed by atoms with Crippen LogP contribution in [0.2, 0.25) is 5.02 Å². The van der Waals surface area contributed by atoms with Crippen molar-refractivity contribution in [1.82, 2.24) is 5.32 Å². The van der Waals surface area contributed by atoms with Crippen molar-refractivity contribution in [3.05, 3.63) is 28.8 Å². The summed E-state index contributed by atoms with van der Waals surface area (Å²) in [5.74, 6) is -0.941. The van der Waals surface area contributed by atoms with Gasteiger partial charge in [-0.3, -0.25) is 4.79 Å². The van der Waals surface area contributed by atoms with E-state index in [4.69, 9.17) is 21.4 Å². The van der Waals surface area contributed by atoms with Crippen LogP contribution in [0.5, 0.6) is 5.75 Å². The lowest BCUT2D eigenvalue weighted by molar-refractivity contribution is -0.123. The van der Waals surface area contributed by atoms with Crippen molar-refractivity contribution >= 4 is 23.5 Å². The Bertz CT molecular complexity index is 488. The van der Waals surface area contributed by atoms with Crippen LogP contribution >= 0.6 is 11.6 Å². The summed E-state index contributed by atoms with van der Waals surface area (Å²) in [4.78, 5) is 22.6. The summed E-state index contributed by atoms with van der Waals surface area (Å²) >= 11 is 5.88. The molecule has 0 aromatic heterocycles. The molecule has 20 heavy (non-hydrogen) atoms. The fourth-order valence-electron chi connectivity index (χ4n) is 1.51. The molecule has 0 atom stereocenters. The average molecular weight is 300 g/mol. The Kier molecular flexibility index (Phi) is 6.31. The van der Waals surface area contributed by atoms with E-state index in [1.54, 1.807) is 0 Å². The predicted molar refractivity (Wildman–Crippen MR) is 76.4 cm³/mol. The highest BCUT2D eigenvalue weighted by Crippen LogP contribution is 2.28. The summed E-state index contributed by atoms with van der Waals surface area (Å²) in [6, 6.07) is 4.40. The number of amides is 1. The van der Waals surface area contributed by atoms with E-state index in [1.165, 1.54) is 18.2 Å². The smallest absolute Gasteiger partial charge is 0.339 e. The number of nitrogens with one attached hydrogen (secondary N) is 1. The first-order valence-corrected chi connectivity index (χ1v) is 6.71. The number of carboxylic acids is 1. The second kappa shape index (κ2) is 7.75. The van der Waals surface area contributed by atoms with Crippen LogP contribution in [0.25, 0.3) is 0 Å². The maximum atomic E-state index is 11.6. The van der Waals surface area contributed by atoms with Crippen LogP contribution < -0.4 is 10.1 Å². The fraction of sp³-hybridized carbons (Fsp3) is 0.429. The highest BCUT2D eigenvalue weighted by Gasteiger charge is 2.15. The molecule has 0 aliphatic rings. The zero-order valence-electron chi connectivity index (χ0n) is 11.5. The molecular formula is C14H18ClNO4. The van der Waals surface area contributed by atoms with Gasteiger partial charge in [0.25, 0.3) is 5.91 Å². The SMILES string of the molecule is CC(C)CCNC(=O)COc1c(Cl)cccc1C(=O)O. The highest BCUT2D eigenvalue weighted by molar-refractivity contribution is 6.32. The lowest BCUT2D eigenvalue weighted by atomic mass is 10.1. The number of aromatic carboxylic acids is 1. The molecule has 5 nitrogen and oxygen atoms in total. The van der Waals surface area contributed by atoms with Crippen LogP contribution in [0.3, 0.4) is 0 Å². The van der Waals surface area contributed by atoms with Crippen LogP contribution in [-0.2, 0) is 4.79 Å². The molecule has 0 heterocycles. The monoisotopic (exact) mass is 299 g/mol. The van der Waals surface area contributed by atoms with Gasteiger partial charge in [0.2, 0.25) is 0 Å². The number of carbonyl (C=O) groups is 2. The third kappa shape index (κ3) is 5.09. The normalized spacial score (nSPS) is 10.4. The standard InChI is InChI=1S/C14H18ClNO4/c1-9(2)6-7-16-12(17)8-20-13-10(14(18)19)4-3-5-11(13)15/h3-5,9H,6-8H2,1-2H3,(H,16,17)(H,18,19). The number of para-hydroxylation sites is 1. The maximum Gasteiger partial charge on any atom is 0.339 e. The zero-order chi connectivity index (χ0) is 15.1. The van der Waals surface area contributed by atoms with Gasteiger partial charge in [0.05, 0.1) is 5.02 Å². The zero-order valence-corrected chi connectivity index (χ0v) is 12.2. The van der Waals surface area contributed by atoms with Crippen LogP contribution in [0.1, 0.15) is 30.6 Å². The number of ether oxygens (including phenoxy) is 1. The number of hydrogen-bond donors (Lipinski definition) is 2. The molecule has 0 bridgehead atoms. The molecule has 0 unspecified atom stereocenters. The minimum Gasteiger partial charge on any atom is -0.481 e. The number of halogens is 1. The third-order valence-corrected chi connectivity index (χ3v) is 2.89. The molecule has 0 saturated heterocycles. The van der Waals surface area contributed by atoms with Crippen LogP contribution in [0.15, 0.2) is 18.2 Å². The van der Waals surface area contributed by atoms with Gasteiger partial charge in [0.15, 0.2) is 12.4 Å². The van der Waals surface area contributed by atoms with Gasteiger partial charge >= 0.3 is 5.97 Å². The third-order valence-electron chi connectivity index (χ3n) is 2.59. The van der Waals surface area contributed by atoms with Crippen molar-refractivity contribution in [2.75, 3.05) is 13.2 Å². The molecule has 0 aliphatic carbocycles. The molecule has 1 aromatic rings. The lowest BCUT2D eigenvalue weighted by Crippen LogP contribution is -2.30. The van der Waals surface area contributed by atoms with E-state index in [0.29, 0.717) is 12.5 Å². The summed E-state index contributed by atoms with van der Waals surface area (Å²) in [5.41, 5.74) is -0.0625. The van der Waals surface area contributed by atoms with E-state index >= 15 is 0 Å². The Morgan fingerprint density at radius 1 is 1.40 bits per heavy atom. The van der Waals surface area contributed by atoms with Crippen molar-refractivity contribution in [2.45, 2.75) is 20.3 Å². The number of rotatable bonds is 7. The summed E-state index contributed by atoms with van der Waals surface area (Å²) in [6.45, 7) is 4.42. The van der Waals surface area contributed by atoms with Crippen LogP contribution in [0.4, 0.5) is 0 Å². The molecule has 2 N–H and O–H groups in total. The van der Waals surface area contributed by atoms with Gasteiger partial charge in [-0.05, 0) is 24.5 Å². The van der Waals surface area contributed by atoms with Gasteiger partial charge in [-0.1, -0.05) is 31.5 Å². The molecule has 110 valence electrons. The number of benzene rings is 1. The van der Waals surface area contributed by atoms with E-state index in [2.05, 4.69) is 19.2 Å². The van der Waals surface area contributed by atoms with Gasteiger partial charge in [-0.15, -0.1) is 0 Å². The second-order valence-corrected chi connectivity index (χ2v) is 5.15. The predicted octanol–water partition coefficient (Wildman–Crippen LogP) is 2.58. The minimum atomic E-state index is -1.15. The molecule has 1 amide bonds. The van der Waals surface area contributed by atoms with E-state index in [-0.39, 0.29) is 28.8 Å². The molecule has 0 aliphatic heterocycles. The number of hydrogen-bond acceptors (Lipinski definition) is 3. The van der Waals surface area contributed by atoms with Gasteiger partial charge in [0, 0.05) is 6.54 Å². The Hall–Kier alpha value is -1.75. The van der Waals surface area contributed by atoms with Crippen molar-refractivity contribution < 1.29 is 19.4 Å².